The van der Waals surface area contributed by atoms with E-state index in [9.17, 15) is 14.4 Å². The van der Waals surface area contributed by atoms with E-state index in [2.05, 4.69) is 5.32 Å². The van der Waals surface area contributed by atoms with E-state index in [-0.39, 0.29) is 25.4 Å². The number of amides is 2. The first kappa shape index (κ1) is 20.5. The molecule has 0 heterocycles. The Morgan fingerprint density at radius 3 is 2.32 bits per heavy atom. The molecule has 2 N–H and O–H groups in total. The van der Waals surface area contributed by atoms with Crippen LogP contribution in [0.1, 0.15) is 39.7 Å². The number of aliphatic carboxylic acids is 1. The lowest BCUT2D eigenvalue weighted by Gasteiger charge is -2.29. The van der Waals surface area contributed by atoms with Crippen molar-refractivity contribution in [1.82, 2.24) is 10.2 Å². The maximum Gasteiger partial charge on any atom is 0.408 e. The number of nitrogens with one attached hydrogen (secondary N) is 1. The van der Waals surface area contributed by atoms with E-state index in [1.165, 1.54) is 4.90 Å². The molecule has 7 heteroatoms. The third kappa shape index (κ3) is 8.19. The largest absolute Gasteiger partial charge is 0.481 e. The van der Waals surface area contributed by atoms with E-state index < -0.39 is 23.7 Å². The number of carboxylic acid groups (broad SMARTS) is 1. The van der Waals surface area contributed by atoms with E-state index in [1.807, 2.05) is 30.3 Å². The fraction of sp³-hybridized carbons (Fsp3) is 0.500. The molecule has 1 aromatic rings. The molecule has 1 rings (SSSR count). The van der Waals surface area contributed by atoms with Crippen LogP contribution in [0.4, 0.5) is 4.79 Å². The molecule has 0 aliphatic carbocycles. The number of benzene rings is 1. The number of alkyl carbamates (subject to hydrolysis) is 1. The van der Waals surface area contributed by atoms with Gasteiger partial charge < -0.3 is 20.1 Å². The quantitative estimate of drug-likeness (QED) is 0.787. The normalized spacial score (nSPS) is 12.2. The van der Waals surface area contributed by atoms with Gasteiger partial charge >= 0.3 is 12.1 Å². The van der Waals surface area contributed by atoms with Crippen molar-refractivity contribution < 1.29 is 24.2 Å². The van der Waals surface area contributed by atoms with Crippen molar-refractivity contribution in [3.63, 3.8) is 0 Å². The van der Waals surface area contributed by atoms with Gasteiger partial charge in [-0.1, -0.05) is 30.3 Å². The van der Waals surface area contributed by atoms with E-state index in [0.717, 1.165) is 5.56 Å². The minimum Gasteiger partial charge on any atom is -0.481 e. The Bertz CT molecular complexity index is 595. The highest BCUT2D eigenvalue weighted by Gasteiger charge is 2.24. The highest BCUT2D eigenvalue weighted by atomic mass is 16.6. The zero-order valence-electron chi connectivity index (χ0n) is 15.1. The van der Waals surface area contributed by atoms with Crippen LogP contribution in [0.25, 0.3) is 0 Å². The van der Waals surface area contributed by atoms with Crippen molar-refractivity contribution in [2.75, 3.05) is 6.54 Å². The van der Waals surface area contributed by atoms with Crippen LogP contribution >= 0.6 is 0 Å². The first-order valence-corrected chi connectivity index (χ1v) is 8.10. The van der Waals surface area contributed by atoms with Gasteiger partial charge in [-0.2, -0.15) is 0 Å². The third-order valence-electron chi connectivity index (χ3n) is 3.30. The number of hydrogen-bond acceptors (Lipinski definition) is 4. The molecule has 1 unspecified atom stereocenters. The summed E-state index contributed by atoms with van der Waals surface area (Å²) in [5, 5.41) is 11.4. The molecule has 0 fully saturated rings. The molecule has 0 radical (unpaired) electrons. The number of carboxylic acids is 1. The van der Waals surface area contributed by atoms with Gasteiger partial charge in [0.05, 0.1) is 6.42 Å². The van der Waals surface area contributed by atoms with Crippen molar-refractivity contribution in [3.05, 3.63) is 35.9 Å². The van der Waals surface area contributed by atoms with Crippen LogP contribution in [-0.2, 0) is 20.9 Å². The van der Waals surface area contributed by atoms with Crippen molar-refractivity contribution in [2.24, 2.45) is 0 Å². The molecular formula is C18H26N2O5. The van der Waals surface area contributed by atoms with Crippen LogP contribution in [0.5, 0.6) is 0 Å². The second kappa shape index (κ2) is 9.05. The average molecular weight is 350 g/mol. The van der Waals surface area contributed by atoms with E-state index >= 15 is 0 Å². The number of hydrogen-bond donors (Lipinski definition) is 2. The topological polar surface area (TPSA) is 95.9 Å². The zero-order chi connectivity index (χ0) is 19.0. The summed E-state index contributed by atoms with van der Waals surface area (Å²) >= 11 is 0. The Kier molecular flexibility index (Phi) is 7.42. The molecule has 0 aliphatic rings. The van der Waals surface area contributed by atoms with Crippen LogP contribution in [0, 0.1) is 0 Å². The first-order chi connectivity index (χ1) is 11.6. The van der Waals surface area contributed by atoms with Crippen LogP contribution in [0.15, 0.2) is 30.3 Å². The summed E-state index contributed by atoms with van der Waals surface area (Å²) in [7, 11) is 0. The highest BCUT2D eigenvalue weighted by Crippen LogP contribution is 2.12. The Hall–Kier alpha value is -2.57. The molecule has 0 aliphatic heterocycles. The summed E-state index contributed by atoms with van der Waals surface area (Å²) in [5.41, 5.74) is 0.221. The second-order valence-electron chi connectivity index (χ2n) is 6.81. The van der Waals surface area contributed by atoms with Gasteiger partial charge in [-0.05, 0) is 33.3 Å². The number of carbonyl (C=O) groups is 3. The maximum atomic E-state index is 12.5. The third-order valence-corrected chi connectivity index (χ3v) is 3.30. The minimum absolute atomic E-state index is 0.176. The molecule has 0 spiro atoms. The maximum absolute atomic E-state index is 12.5. The standard InChI is InChI=1S/C18H26N2O5/c1-13(10-16(22)23)20(12-14-8-6-5-7-9-14)15(21)11-19-17(24)25-18(2,3)4/h5-9,13H,10-12H2,1-4H3,(H,19,24)(H,22,23). The van der Waals surface area contributed by atoms with E-state index in [0.29, 0.717) is 0 Å². The smallest absolute Gasteiger partial charge is 0.408 e. The summed E-state index contributed by atoms with van der Waals surface area (Å²) in [6.07, 6.45) is -0.864. The zero-order valence-corrected chi connectivity index (χ0v) is 15.1. The summed E-state index contributed by atoms with van der Waals surface area (Å²) in [6.45, 7) is 6.86. The predicted octanol–water partition coefficient (Wildman–Crippen LogP) is 2.40. The Morgan fingerprint density at radius 2 is 1.80 bits per heavy atom. The Balaban J connectivity index is 2.75. The van der Waals surface area contributed by atoms with Gasteiger partial charge in [0, 0.05) is 12.6 Å². The van der Waals surface area contributed by atoms with Crippen molar-refractivity contribution in [2.45, 2.75) is 52.3 Å². The SMILES string of the molecule is CC(CC(=O)O)N(Cc1ccccc1)C(=O)CNC(=O)OC(C)(C)C. The summed E-state index contributed by atoms with van der Waals surface area (Å²) < 4.78 is 5.10. The summed E-state index contributed by atoms with van der Waals surface area (Å²) in [4.78, 5) is 36.6. The van der Waals surface area contributed by atoms with Crippen LogP contribution in [0.3, 0.4) is 0 Å². The lowest BCUT2D eigenvalue weighted by Crippen LogP contribution is -2.45. The number of ether oxygens (including phenoxy) is 1. The highest BCUT2D eigenvalue weighted by molar-refractivity contribution is 5.83. The van der Waals surface area contributed by atoms with Crippen LogP contribution < -0.4 is 5.32 Å². The molecule has 138 valence electrons. The van der Waals surface area contributed by atoms with Gasteiger partial charge in [0.2, 0.25) is 5.91 Å². The summed E-state index contributed by atoms with van der Waals surface area (Å²) in [6, 6.07) is 8.76. The molecular weight excluding hydrogens is 324 g/mol. The van der Waals surface area contributed by atoms with E-state index in [4.69, 9.17) is 9.84 Å². The van der Waals surface area contributed by atoms with Gasteiger partial charge in [0.1, 0.15) is 12.1 Å². The first-order valence-electron chi connectivity index (χ1n) is 8.10. The molecule has 1 aromatic carbocycles. The minimum atomic E-state index is -0.988. The molecule has 1 atom stereocenters. The van der Waals surface area contributed by atoms with Gasteiger partial charge in [-0.25, -0.2) is 4.79 Å². The molecule has 7 nitrogen and oxygen atoms in total. The Labute approximate surface area is 148 Å². The predicted molar refractivity (Wildman–Crippen MR) is 92.9 cm³/mol. The Morgan fingerprint density at radius 1 is 1.20 bits per heavy atom. The molecule has 0 saturated heterocycles. The fourth-order valence-corrected chi connectivity index (χ4v) is 2.20. The lowest BCUT2D eigenvalue weighted by molar-refractivity contribution is -0.140. The summed E-state index contributed by atoms with van der Waals surface area (Å²) in [5.74, 6) is -1.36. The fourth-order valence-electron chi connectivity index (χ4n) is 2.20. The molecule has 25 heavy (non-hydrogen) atoms. The molecule has 0 saturated carbocycles. The average Bonchev–Trinajstić information content (AvgIpc) is 2.49. The van der Waals surface area contributed by atoms with Gasteiger partial charge in [-0.3, -0.25) is 9.59 Å². The van der Waals surface area contributed by atoms with Crippen molar-refractivity contribution in [1.29, 1.82) is 0 Å². The monoisotopic (exact) mass is 350 g/mol. The van der Waals surface area contributed by atoms with Gasteiger partial charge in [0.15, 0.2) is 0 Å². The van der Waals surface area contributed by atoms with E-state index in [1.54, 1.807) is 27.7 Å². The van der Waals surface area contributed by atoms with Crippen molar-refractivity contribution >= 4 is 18.0 Å². The number of carbonyl (C=O) groups excluding carboxylic acids is 2. The molecule has 0 bridgehead atoms. The number of nitrogens with zero attached hydrogens (tertiary/aromatic N) is 1. The number of rotatable bonds is 7. The van der Waals surface area contributed by atoms with Gasteiger partial charge in [0.25, 0.3) is 0 Å². The van der Waals surface area contributed by atoms with Crippen LogP contribution in [0.2, 0.25) is 0 Å². The molecule has 2 amide bonds. The second-order valence-corrected chi connectivity index (χ2v) is 6.81. The molecule has 0 aromatic heterocycles. The van der Waals surface area contributed by atoms with Gasteiger partial charge in [-0.15, -0.1) is 0 Å². The lowest BCUT2D eigenvalue weighted by atomic mass is 10.1. The van der Waals surface area contributed by atoms with Crippen LogP contribution in [-0.4, -0.2) is 46.2 Å². The van der Waals surface area contributed by atoms with Crippen molar-refractivity contribution in [3.8, 4) is 0 Å².